The number of aliphatic hydroxyl groups is 2. The van der Waals surface area contributed by atoms with Crippen LogP contribution in [0.15, 0.2) is 60.7 Å². The second-order valence-electron chi connectivity index (χ2n) is 7.55. The molecule has 0 saturated heterocycles. The van der Waals surface area contributed by atoms with Crippen molar-refractivity contribution in [3.8, 4) is 0 Å². The maximum Gasteiger partial charge on any atom is 0.375 e. The topological polar surface area (TPSA) is 110 Å². The summed E-state index contributed by atoms with van der Waals surface area (Å²) in [6.07, 6.45) is 2.73. The standard InChI is InChI=1S/C23H24O7/c1-22(2,3)30-19(24)14-11-16-9-12-18(13-10-16)20(25)23(27,28)21(26)29-15-17-7-5-4-6-8-17/h4-14,27-28H,15H2,1-3H3/b14-11+. The lowest BCUT2D eigenvalue weighted by molar-refractivity contribution is -0.193. The number of rotatable bonds is 7. The van der Waals surface area contributed by atoms with Crippen molar-refractivity contribution in [3.05, 3.63) is 77.4 Å². The van der Waals surface area contributed by atoms with E-state index in [2.05, 4.69) is 0 Å². The molecule has 2 rings (SSSR count). The van der Waals surface area contributed by atoms with Gasteiger partial charge in [-0.15, -0.1) is 0 Å². The third-order valence-corrected chi connectivity index (χ3v) is 3.81. The Kier molecular flexibility index (Phi) is 7.26. The number of carbonyl (C=O) groups excluding carboxylic acids is 3. The van der Waals surface area contributed by atoms with Gasteiger partial charge in [-0.25, -0.2) is 9.59 Å². The first-order valence-corrected chi connectivity index (χ1v) is 9.21. The van der Waals surface area contributed by atoms with Gasteiger partial charge in [0.15, 0.2) is 0 Å². The highest BCUT2D eigenvalue weighted by Crippen LogP contribution is 2.16. The van der Waals surface area contributed by atoms with Crippen LogP contribution in [0.4, 0.5) is 0 Å². The molecule has 2 N–H and O–H groups in total. The van der Waals surface area contributed by atoms with Gasteiger partial charge in [0.1, 0.15) is 12.2 Å². The summed E-state index contributed by atoms with van der Waals surface area (Å²) in [6.45, 7) is 5.05. The van der Waals surface area contributed by atoms with Crippen LogP contribution in [0.3, 0.4) is 0 Å². The molecule has 0 aromatic heterocycles. The zero-order valence-corrected chi connectivity index (χ0v) is 17.0. The van der Waals surface area contributed by atoms with Crippen molar-refractivity contribution in [2.24, 2.45) is 0 Å². The summed E-state index contributed by atoms with van der Waals surface area (Å²) in [5.41, 5.74) is 0.491. The van der Waals surface area contributed by atoms with Crippen LogP contribution in [0.5, 0.6) is 0 Å². The Hall–Kier alpha value is -3.29. The number of ketones is 1. The highest BCUT2D eigenvalue weighted by molar-refractivity contribution is 6.13. The predicted octanol–water partition coefficient (Wildman–Crippen LogP) is 2.65. The number of esters is 2. The average molecular weight is 412 g/mol. The largest absolute Gasteiger partial charge is 0.457 e. The first-order valence-electron chi connectivity index (χ1n) is 9.21. The van der Waals surface area contributed by atoms with Crippen LogP contribution in [0.2, 0.25) is 0 Å². The molecule has 0 saturated carbocycles. The molecule has 0 radical (unpaired) electrons. The Bertz CT molecular complexity index is 920. The number of ether oxygens (including phenoxy) is 2. The second-order valence-corrected chi connectivity index (χ2v) is 7.55. The summed E-state index contributed by atoms with van der Waals surface area (Å²) < 4.78 is 9.99. The lowest BCUT2D eigenvalue weighted by Gasteiger charge is -2.18. The fourth-order valence-electron chi connectivity index (χ4n) is 2.36. The summed E-state index contributed by atoms with van der Waals surface area (Å²) >= 11 is 0. The van der Waals surface area contributed by atoms with Crippen molar-refractivity contribution in [3.63, 3.8) is 0 Å². The minimum Gasteiger partial charge on any atom is -0.457 e. The highest BCUT2D eigenvalue weighted by atomic mass is 16.6. The number of Topliss-reactive ketones (excluding diaryl/α,β-unsaturated/α-hetero) is 1. The molecule has 0 aliphatic heterocycles. The lowest BCUT2D eigenvalue weighted by Crippen LogP contribution is -2.47. The van der Waals surface area contributed by atoms with Crippen LogP contribution in [0.25, 0.3) is 6.08 Å². The highest BCUT2D eigenvalue weighted by Gasteiger charge is 2.44. The Morgan fingerprint density at radius 1 is 0.933 bits per heavy atom. The maximum atomic E-state index is 12.4. The van der Waals surface area contributed by atoms with Gasteiger partial charge >= 0.3 is 17.7 Å². The molecule has 7 nitrogen and oxygen atoms in total. The SMILES string of the molecule is CC(C)(C)OC(=O)/C=C/c1ccc(C(=O)C(O)(O)C(=O)OCc2ccccc2)cc1. The van der Waals surface area contributed by atoms with Gasteiger partial charge in [0.25, 0.3) is 0 Å². The Balaban J connectivity index is 2.01. The summed E-state index contributed by atoms with van der Waals surface area (Å²) in [6, 6.07) is 14.2. The first-order chi connectivity index (χ1) is 14.0. The van der Waals surface area contributed by atoms with Gasteiger partial charge in [0.05, 0.1) is 0 Å². The van der Waals surface area contributed by atoms with Crippen molar-refractivity contribution in [1.82, 2.24) is 0 Å². The van der Waals surface area contributed by atoms with Crippen LogP contribution in [-0.4, -0.2) is 39.3 Å². The molecule has 0 aliphatic carbocycles. The Labute approximate surface area is 174 Å². The summed E-state index contributed by atoms with van der Waals surface area (Å²) in [5, 5.41) is 20.0. The number of hydrogen-bond acceptors (Lipinski definition) is 7. The number of benzene rings is 2. The normalized spacial score (nSPS) is 11.9. The molecular formula is C23H24O7. The lowest BCUT2D eigenvalue weighted by atomic mass is 10.0. The third-order valence-electron chi connectivity index (χ3n) is 3.81. The molecule has 0 amide bonds. The number of carbonyl (C=O) groups is 3. The second kappa shape index (κ2) is 9.47. The minimum atomic E-state index is -3.32. The van der Waals surface area contributed by atoms with Gasteiger partial charge in [-0.05, 0) is 38.0 Å². The average Bonchev–Trinajstić information content (AvgIpc) is 2.69. The minimum absolute atomic E-state index is 0.105. The van der Waals surface area contributed by atoms with Gasteiger partial charge < -0.3 is 19.7 Å². The van der Waals surface area contributed by atoms with Crippen molar-refractivity contribution >= 4 is 23.8 Å². The van der Waals surface area contributed by atoms with Crippen molar-refractivity contribution in [2.45, 2.75) is 38.8 Å². The van der Waals surface area contributed by atoms with Crippen LogP contribution >= 0.6 is 0 Å². The fraction of sp³-hybridized carbons (Fsp3) is 0.261. The van der Waals surface area contributed by atoms with Crippen molar-refractivity contribution in [1.29, 1.82) is 0 Å². The summed E-state index contributed by atoms with van der Waals surface area (Å²) in [7, 11) is 0. The zero-order valence-electron chi connectivity index (χ0n) is 17.0. The van der Waals surface area contributed by atoms with E-state index >= 15 is 0 Å². The van der Waals surface area contributed by atoms with Crippen molar-refractivity contribution < 1.29 is 34.1 Å². The van der Waals surface area contributed by atoms with Crippen LogP contribution in [0, 0.1) is 0 Å². The molecule has 30 heavy (non-hydrogen) atoms. The fourth-order valence-corrected chi connectivity index (χ4v) is 2.36. The smallest absolute Gasteiger partial charge is 0.375 e. The quantitative estimate of drug-likeness (QED) is 0.236. The molecule has 0 bridgehead atoms. The summed E-state index contributed by atoms with van der Waals surface area (Å²) in [5.74, 6) is -6.52. The predicted molar refractivity (Wildman–Crippen MR) is 109 cm³/mol. The van der Waals surface area contributed by atoms with E-state index in [1.54, 1.807) is 51.1 Å². The van der Waals surface area contributed by atoms with E-state index in [1.165, 1.54) is 36.4 Å². The molecular weight excluding hydrogens is 388 g/mol. The van der Waals surface area contributed by atoms with E-state index in [-0.39, 0.29) is 12.2 Å². The molecule has 0 fully saturated rings. The molecule has 158 valence electrons. The third kappa shape index (κ3) is 6.65. The molecule has 0 aliphatic rings. The van der Waals surface area contributed by atoms with Gasteiger partial charge in [0.2, 0.25) is 5.78 Å². The molecule has 2 aromatic rings. The van der Waals surface area contributed by atoms with Gasteiger partial charge in [0, 0.05) is 11.6 Å². The van der Waals surface area contributed by atoms with Gasteiger partial charge in [-0.1, -0.05) is 54.6 Å². The van der Waals surface area contributed by atoms with Gasteiger partial charge in [-0.2, -0.15) is 0 Å². The molecule has 0 spiro atoms. The first kappa shape index (κ1) is 23.0. The van der Waals surface area contributed by atoms with E-state index in [9.17, 15) is 24.6 Å². The molecule has 2 aromatic carbocycles. The van der Waals surface area contributed by atoms with E-state index in [4.69, 9.17) is 9.47 Å². The van der Waals surface area contributed by atoms with E-state index < -0.39 is 29.1 Å². The molecule has 0 atom stereocenters. The summed E-state index contributed by atoms with van der Waals surface area (Å²) in [4.78, 5) is 36.1. The van der Waals surface area contributed by atoms with Gasteiger partial charge in [-0.3, -0.25) is 4.79 Å². The van der Waals surface area contributed by atoms with Crippen LogP contribution < -0.4 is 0 Å². The number of hydrogen-bond donors (Lipinski definition) is 2. The maximum absolute atomic E-state index is 12.4. The monoisotopic (exact) mass is 412 g/mol. The van der Waals surface area contributed by atoms with Crippen molar-refractivity contribution in [2.75, 3.05) is 0 Å². The van der Waals surface area contributed by atoms with Crippen LogP contribution in [-0.2, 0) is 25.7 Å². The van der Waals surface area contributed by atoms with Crippen LogP contribution in [0.1, 0.15) is 42.3 Å². The molecule has 0 heterocycles. The molecule has 0 unspecified atom stereocenters. The zero-order chi connectivity index (χ0) is 22.4. The van der Waals surface area contributed by atoms with E-state index in [0.29, 0.717) is 11.1 Å². The van der Waals surface area contributed by atoms with E-state index in [0.717, 1.165) is 0 Å². The molecule has 7 heteroatoms. The Morgan fingerprint density at radius 3 is 2.10 bits per heavy atom. The Morgan fingerprint density at radius 2 is 1.53 bits per heavy atom. The van der Waals surface area contributed by atoms with E-state index in [1.807, 2.05) is 0 Å².